The second-order valence-corrected chi connectivity index (χ2v) is 3.22. The van der Waals surface area contributed by atoms with Crippen LogP contribution in [-0.4, -0.2) is 5.44 Å². The fourth-order valence-corrected chi connectivity index (χ4v) is 1.52. The first-order valence-corrected chi connectivity index (χ1v) is 4.24. The highest BCUT2D eigenvalue weighted by molar-refractivity contribution is 7.80. The standard InChI is InChI=1S/C9H9OS/c11-9-6-5-7-3-1-2-4-8(7)10-9/h1-4,9H,5-6H2. The minimum Gasteiger partial charge on any atom is -0.479 e. The van der Waals surface area contributed by atoms with Gasteiger partial charge in [0.1, 0.15) is 5.75 Å². The van der Waals surface area contributed by atoms with Gasteiger partial charge in [-0.2, -0.15) is 0 Å². The smallest absolute Gasteiger partial charge is 0.154 e. The summed E-state index contributed by atoms with van der Waals surface area (Å²) in [6, 6.07) is 8.09. The van der Waals surface area contributed by atoms with Crippen molar-refractivity contribution in [2.75, 3.05) is 0 Å². The Kier molecular flexibility index (Phi) is 1.78. The molecule has 0 amide bonds. The van der Waals surface area contributed by atoms with Gasteiger partial charge in [-0.15, -0.1) is 0 Å². The monoisotopic (exact) mass is 165 g/mol. The lowest BCUT2D eigenvalue weighted by Gasteiger charge is -2.21. The summed E-state index contributed by atoms with van der Waals surface area (Å²) in [5.41, 5.74) is 1.26. The van der Waals surface area contributed by atoms with Gasteiger partial charge in [0.2, 0.25) is 0 Å². The average Bonchev–Trinajstić information content (AvgIpc) is 2.04. The molecule has 0 aliphatic carbocycles. The van der Waals surface area contributed by atoms with E-state index in [4.69, 9.17) is 17.4 Å². The fourth-order valence-electron chi connectivity index (χ4n) is 1.30. The van der Waals surface area contributed by atoms with Gasteiger partial charge in [-0.3, -0.25) is 0 Å². The molecule has 1 radical (unpaired) electrons. The maximum absolute atomic E-state index is 5.45. The van der Waals surface area contributed by atoms with E-state index in [2.05, 4.69) is 6.07 Å². The molecule has 0 aromatic heterocycles. The van der Waals surface area contributed by atoms with E-state index in [9.17, 15) is 0 Å². The first kappa shape index (κ1) is 7.04. The minimum absolute atomic E-state index is 0.0232. The predicted molar refractivity (Wildman–Crippen MR) is 46.8 cm³/mol. The molecule has 1 aromatic carbocycles. The quantitative estimate of drug-likeness (QED) is 0.574. The van der Waals surface area contributed by atoms with Crippen LogP contribution in [-0.2, 0) is 6.42 Å². The number of ether oxygens (including phenoxy) is 1. The largest absolute Gasteiger partial charge is 0.479 e. The van der Waals surface area contributed by atoms with Gasteiger partial charge >= 0.3 is 0 Å². The average molecular weight is 165 g/mol. The lowest BCUT2D eigenvalue weighted by Crippen LogP contribution is -2.16. The first-order chi connectivity index (χ1) is 5.36. The van der Waals surface area contributed by atoms with Crippen LogP contribution < -0.4 is 4.74 Å². The molecule has 1 atom stereocenters. The van der Waals surface area contributed by atoms with Crippen molar-refractivity contribution in [1.29, 1.82) is 0 Å². The van der Waals surface area contributed by atoms with E-state index in [1.54, 1.807) is 0 Å². The van der Waals surface area contributed by atoms with Gasteiger partial charge in [-0.1, -0.05) is 18.2 Å². The summed E-state index contributed by atoms with van der Waals surface area (Å²) in [6.07, 6.45) is 2.02. The molecular formula is C9H9OS. The molecule has 1 aliphatic rings. The van der Waals surface area contributed by atoms with E-state index in [0.29, 0.717) is 0 Å². The summed E-state index contributed by atoms with van der Waals surface area (Å²) >= 11 is 5.04. The second-order valence-electron chi connectivity index (χ2n) is 2.69. The number of rotatable bonds is 0. The zero-order valence-corrected chi connectivity index (χ0v) is 6.93. The number of aryl methyl sites for hydroxylation is 1. The molecule has 0 spiro atoms. The van der Waals surface area contributed by atoms with Gasteiger partial charge in [0, 0.05) is 0 Å². The molecule has 0 bridgehead atoms. The van der Waals surface area contributed by atoms with Crippen LogP contribution in [0.4, 0.5) is 0 Å². The van der Waals surface area contributed by atoms with Gasteiger partial charge in [0.05, 0.1) is 0 Å². The summed E-state index contributed by atoms with van der Waals surface area (Å²) in [5.74, 6) is 0.971. The van der Waals surface area contributed by atoms with E-state index in [-0.39, 0.29) is 5.44 Å². The Bertz CT molecular complexity index is 259. The van der Waals surface area contributed by atoms with Crippen LogP contribution >= 0.6 is 12.6 Å². The summed E-state index contributed by atoms with van der Waals surface area (Å²) in [5, 5.41) is 0. The van der Waals surface area contributed by atoms with E-state index < -0.39 is 0 Å². The molecule has 1 heterocycles. The fraction of sp³-hybridized carbons (Fsp3) is 0.333. The Balaban J connectivity index is 2.34. The third kappa shape index (κ3) is 1.36. The number of benzene rings is 1. The molecule has 2 rings (SSSR count). The van der Waals surface area contributed by atoms with Crippen LogP contribution in [0.1, 0.15) is 12.0 Å². The zero-order chi connectivity index (χ0) is 7.68. The molecule has 1 aliphatic heterocycles. The molecule has 57 valence electrons. The molecule has 0 N–H and O–H groups in total. The van der Waals surface area contributed by atoms with E-state index in [1.807, 2.05) is 18.2 Å². The minimum atomic E-state index is -0.0232. The van der Waals surface area contributed by atoms with E-state index >= 15 is 0 Å². The van der Waals surface area contributed by atoms with Gasteiger partial charge < -0.3 is 4.74 Å². The third-order valence-corrected chi connectivity index (χ3v) is 2.21. The molecule has 1 nitrogen and oxygen atoms in total. The molecule has 1 unspecified atom stereocenters. The molecule has 11 heavy (non-hydrogen) atoms. The summed E-state index contributed by atoms with van der Waals surface area (Å²) in [7, 11) is 0. The van der Waals surface area contributed by atoms with Crippen molar-refractivity contribution in [1.82, 2.24) is 0 Å². The predicted octanol–water partition coefficient (Wildman–Crippen LogP) is 2.54. The number of fused-ring (bicyclic) bond motifs is 1. The van der Waals surface area contributed by atoms with Crippen molar-refractivity contribution in [3.63, 3.8) is 0 Å². The van der Waals surface area contributed by atoms with Crippen molar-refractivity contribution in [2.45, 2.75) is 18.3 Å². The van der Waals surface area contributed by atoms with Crippen LogP contribution in [0, 0.1) is 0 Å². The van der Waals surface area contributed by atoms with Crippen LogP contribution in [0.25, 0.3) is 0 Å². The van der Waals surface area contributed by atoms with Crippen molar-refractivity contribution in [3.05, 3.63) is 29.8 Å². The van der Waals surface area contributed by atoms with Crippen molar-refractivity contribution in [3.8, 4) is 5.75 Å². The lowest BCUT2D eigenvalue weighted by atomic mass is 10.1. The maximum atomic E-state index is 5.45. The molecule has 1 aromatic rings. The normalized spacial score (nSPS) is 22.1. The Morgan fingerprint density at radius 3 is 3.09 bits per heavy atom. The zero-order valence-electron chi connectivity index (χ0n) is 6.12. The van der Waals surface area contributed by atoms with Crippen molar-refractivity contribution in [2.24, 2.45) is 0 Å². The molecule has 0 saturated carbocycles. The highest BCUT2D eigenvalue weighted by Crippen LogP contribution is 2.27. The maximum Gasteiger partial charge on any atom is 0.154 e. The van der Waals surface area contributed by atoms with Gasteiger partial charge in [-0.05, 0) is 37.1 Å². The van der Waals surface area contributed by atoms with Crippen LogP contribution in [0.3, 0.4) is 0 Å². The topological polar surface area (TPSA) is 9.23 Å². The summed E-state index contributed by atoms with van der Waals surface area (Å²) < 4.78 is 5.45. The SMILES string of the molecule is [S]C1CCc2ccccc2O1. The second kappa shape index (κ2) is 2.78. The van der Waals surface area contributed by atoms with Crippen LogP contribution in [0.15, 0.2) is 24.3 Å². The van der Waals surface area contributed by atoms with Crippen molar-refractivity contribution < 1.29 is 4.74 Å². The molecule has 0 saturated heterocycles. The number of hydrogen-bond acceptors (Lipinski definition) is 1. The Morgan fingerprint density at radius 1 is 1.36 bits per heavy atom. The Hall–Kier alpha value is -0.630. The summed E-state index contributed by atoms with van der Waals surface area (Å²) in [4.78, 5) is 0. The van der Waals surface area contributed by atoms with E-state index in [1.165, 1.54) is 5.56 Å². The third-order valence-electron chi connectivity index (χ3n) is 1.88. The van der Waals surface area contributed by atoms with Gasteiger partial charge in [0.25, 0.3) is 0 Å². The van der Waals surface area contributed by atoms with Crippen molar-refractivity contribution >= 4 is 12.6 Å². The Labute approximate surface area is 71.8 Å². The summed E-state index contributed by atoms with van der Waals surface area (Å²) in [6.45, 7) is 0. The van der Waals surface area contributed by atoms with E-state index in [0.717, 1.165) is 18.6 Å². The van der Waals surface area contributed by atoms with Gasteiger partial charge in [0.15, 0.2) is 5.44 Å². The molecular weight excluding hydrogens is 156 g/mol. The molecule has 0 fully saturated rings. The number of hydrogen-bond donors (Lipinski definition) is 0. The van der Waals surface area contributed by atoms with Crippen LogP contribution in [0.2, 0.25) is 0 Å². The van der Waals surface area contributed by atoms with Gasteiger partial charge in [-0.25, -0.2) is 0 Å². The first-order valence-electron chi connectivity index (χ1n) is 3.76. The van der Waals surface area contributed by atoms with Crippen LogP contribution in [0.5, 0.6) is 5.75 Å². The highest BCUT2D eigenvalue weighted by Gasteiger charge is 2.15. The Morgan fingerprint density at radius 2 is 2.18 bits per heavy atom. The molecule has 2 heteroatoms. The number of para-hydroxylation sites is 1. The lowest BCUT2D eigenvalue weighted by molar-refractivity contribution is 0.258. The highest BCUT2D eigenvalue weighted by atomic mass is 32.1.